The highest BCUT2D eigenvalue weighted by molar-refractivity contribution is 5.85. The van der Waals surface area contributed by atoms with Crippen molar-refractivity contribution in [2.45, 2.75) is 37.9 Å². The maximum Gasteiger partial charge on any atom is 0.242 e. The molecule has 2 atom stereocenters. The topological polar surface area (TPSA) is 81.1 Å². The van der Waals surface area contributed by atoms with Gasteiger partial charge >= 0.3 is 0 Å². The second-order valence-electron chi connectivity index (χ2n) is 5.06. The van der Waals surface area contributed by atoms with Crippen molar-refractivity contribution in [3.05, 3.63) is 0 Å². The average Bonchev–Trinajstić information content (AvgIpc) is 2.54. The molecule has 2 aliphatic heterocycles. The molecule has 0 radical (unpaired) electrons. The fraction of sp³-hybridized carbons (Fsp3) is 0.833. The minimum Gasteiger partial charge on any atom is -0.388 e. The Morgan fingerprint density at radius 1 is 1.17 bits per heavy atom. The Morgan fingerprint density at radius 2 is 1.83 bits per heavy atom. The van der Waals surface area contributed by atoms with Crippen molar-refractivity contribution in [2.24, 2.45) is 0 Å². The van der Waals surface area contributed by atoms with Crippen molar-refractivity contribution in [1.82, 2.24) is 9.80 Å². The number of hydrogen-bond acceptors (Lipinski definition) is 4. The Kier molecular flexibility index (Phi) is 4.19. The summed E-state index contributed by atoms with van der Waals surface area (Å²) in [5.74, 6) is -0.165. The fourth-order valence-corrected chi connectivity index (χ4v) is 2.44. The lowest BCUT2D eigenvalue weighted by Crippen LogP contribution is -2.42. The van der Waals surface area contributed by atoms with Gasteiger partial charge in [0, 0.05) is 26.1 Å². The van der Waals surface area contributed by atoms with Gasteiger partial charge in [-0.15, -0.1) is 0 Å². The van der Waals surface area contributed by atoms with E-state index in [9.17, 15) is 19.8 Å². The standard InChI is InChI=1S/C12H20N2O4/c15-9-6-14(7-10(9)16)12(18)8-13-5-3-1-2-4-11(13)17/h9-10,15-16H,1-8H2/t9-,10+. The second-order valence-corrected chi connectivity index (χ2v) is 5.06. The third-order valence-corrected chi connectivity index (χ3v) is 3.61. The number of β-amino-alcohol motifs (C(OH)–C–C–N with tert-alkyl or cyclic N) is 2. The van der Waals surface area contributed by atoms with E-state index in [2.05, 4.69) is 0 Å². The maximum absolute atomic E-state index is 12.0. The summed E-state index contributed by atoms with van der Waals surface area (Å²) in [6, 6.07) is 0. The number of aliphatic hydroxyl groups excluding tert-OH is 2. The summed E-state index contributed by atoms with van der Waals surface area (Å²) in [6.07, 6.45) is 1.63. The first-order valence-corrected chi connectivity index (χ1v) is 6.49. The molecule has 2 heterocycles. The SMILES string of the molecule is O=C1CCCCCN1CC(=O)N1C[C@@H](O)[C@@H](O)C1. The van der Waals surface area contributed by atoms with Gasteiger partial charge < -0.3 is 20.0 Å². The number of carbonyl (C=O) groups excluding carboxylic acids is 2. The highest BCUT2D eigenvalue weighted by atomic mass is 16.3. The van der Waals surface area contributed by atoms with E-state index in [0.717, 1.165) is 19.3 Å². The molecular formula is C12H20N2O4. The van der Waals surface area contributed by atoms with Gasteiger partial charge in [0.1, 0.15) is 0 Å². The zero-order valence-corrected chi connectivity index (χ0v) is 10.4. The van der Waals surface area contributed by atoms with E-state index in [1.165, 1.54) is 4.90 Å². The predicted octanol–water partition coefficient (Wildman–Crippen LogP) is -1.05. The van der Waals surface area contributed by atoms with Gasteiger partial charge in [0.25, 0.3) is 0 Å². The van der Waals surface area contributed by atoms with Gasteiger partial charge in [-0.05, 0) is 12.8 Å². The highest BCUT2D eigenvalue weighted by Gasteiger charge is 2.33. The number of rotatable bonds is 2. The molecule has 0 aromatic rings. The summed E-state index contributed by atoms with van der Waals surface area (Å²) >= 11 is 0. The number of carbonyl (C=O) groups is 2. The zero-order chi connectivity index (χ0) is 13.1. The molecule has 2 aliphatic rings. The summed E-state index contributed by atoms with van der Waals surface area (Å²) in [7, 11) is 0. The normalized spacial score (nSPS) is 29.6. The number of amides is 2. The van der Waals surface area contributed by atoms with Gasteiger partial charge in [0.15, 0.2) is 0 Å². The molecule has 102 valence electrons. The first kappa shape index (κ1) is 13.3. The molecule has 6 heteroatoms. The molecule has 2 saturated heterocycles. The van der Waals surface area contributed by atoms with Crippen LogP contribution in [0.5, 0.6) is 0 Å². The van der Waals surface area contributed by atoms with Gasteiger partial charge in [0.2, 0.25) is 11.8 Å². The summed E-state index contributed by atoms with van der Waals surface area (Å²) in [4.78, 5) is 26.7. The van der Waals surface area contributed by atoms with E-state index in [0.29, 0.717) is 13.0 Å². The molecule has 2 amide bonds. The van der Waals surface area contributed by atoms with Crippen LogP contribution in [0.4, 0.5) is 0 Å². The lowest BCUT2D eigenvalue weighted by atomic mass is 10.2. The van der Waals surface area contributed by atoms with E-state index < -0.39 is 12.2 Å². The number of likely N-dealkylation sites (tertiary alicyclic amines) is 2. The Hall–Kier alpha value is -1.14. The van der Waals surface area contributed by atoms with Crippen LogP contribution in [0.25, 0.3) is 0 Å². The Balaban J connectivity index is 1.88. The quantitative estimate of drug-likeness (QED) is 0.661. The molecule has 0 bridgehead atoms. The van der Waals surface area contributed by atoms with E-state index in [1.54, 1.807) is 4.90 Å². The van der Waals surface area contributed by atoms with Crippen LogP contribution in [-0.4, -0.2) is 70.2 Å². The summed E-state index contributed by atoms with van der Waals surface area (Å²) < 4.78 is 0. The van der Waals surface area contributed by atoms with E-state index >= 15 is 0 Å². The molecule has 2 N–H and O–H groups in total. The van der Waals surface area contributed by atoms with Crippen molar-refractivity contribution in [2.75, 3.05) is 26.2 Å². The van der Waals surface area contributed by atoms with Crippen molar-refractivity contribution in [3.8, 4) is 0 Å². The Morgan fingerprint density at radius 3 is 2.50 bits per heavy atom. The van der Waals surface area contributed by atoms with E-state index in [1.807, 2.05) is 0 Å². The minimum absolute atomic E-state index is 0.0288. The smallest absolute Gasteiger partial charge is 0.242 e. The molecule has 2 fully saturated rings. The summed E-state index contributed by atoms with van der Waals surface area (Å²) in [5, 5.41) is 18.8. The molecule has 0 spiro atoms. The summed E-state index contributed by atoms with van der Waals surface area (Å²) in [5.41, 5.74) is 0. The molecule has 0 aromatic carbocycles. The predicted molar refractivity (Wildman–Crippen MR) is 63.6 cm³/mol. The molecule has 0 unspecified atom stereocenters. The average molecular weight is 256 g/mol. The van der Waals surface area contributed by atoms with Crippen LogP contribution < -0.4 is 0 Å². The highest BCUT2D eigenvalue weighted by Crippen LogP contribution is 2.14. The maximum atomic E-state index is 12.0. The lowest BCUT2D eigenvalue weighted by Gasteiger charge is -2.23. The van der Waals surface area contributed by atoms with Crippen molar-refractivity contribution in [3.63, 3.8) is 0 Å². The molecule has 0 aromatic heterocycles. The molecule has 6 nitrogen and oxygen atoms in total. The van der Waals surface area contributed by atoms with Crippen LogP contribution in [0.2, 0.25) is 0 Å². The van der Waals surface area contributed by atoms with Crippen molar-refractivity contribution < 1.29 is 19.8 Å². The lowest BCUT2D eigenvalue weighted by molar-refractivity contribution is -0.139. The third-order valence-electron chi connectivity index (χ3n) is 3.61. The summed E-state index contributed by atoms with van der Waals surface area (Å²) in [6.45, 7) is 1.01. The first-order chi connectivity index (χ1) is 8.58. The van der Waals surface area contributed by atoms with Crippen LogP contribution in [0.1, 0.15) is 25.7 Å². The van der Waals surface area contributed by atoms with Crippen molar-refractivity contribution in [1.29, 1.82) is 0 Å². The van der Waals surface area contributed by atoms with Crippen LogP contribution in [-0.2, 0) is 9.59 Å². The van der Waals surface area contributed by atoms with Crippen LogP contribution >= 0.6 is 0 Å². The fourth-order valence-electron chi connectivity index (χ4n) is 2.44. The number of nitrogens with zero attached hydrogens (tertiary/aromatic N) is 2. The third kappa shape index (κ3) is 3.00. The molecular weight excluding hydrogens is 236 g/mol. The number of aliphatic hydroxyl groups is 2. The van der Waals surface area contributed by atoms with Crippen LogP contribution in [0.15, 0.2) is 0 Å². The minimum atomic E-state index is -0.867. The largest absolute Gasteiger partial charge is 0.388 e. The van der Waals surface area contributed by atoms with Gasteiger partial charge in [-0.1, -0.05) is 6.42 Å². The Labute approximate surface area is 106 Å². The van der Waals surface area contributed by atoms with Gasteiger partial charge in [-0.25, -0.2) is 0 Å². The second kappa shape index (κ2) is 5.67. The monoisotopic (exact) mass is 256 g/mol. The zero-order valence-electron chi connectivity index (χ0n) is 10.4. The van der Waals surface area contributed by atoms with Gasteiger partial charge in [-0.2, -0.15) is 0 Å². The number of hydrogen-bond donors (Lipinski definition) is 2. The molecule has 0 saturated carbocycles. The van der Waals surface area contributed by atoms with E-state index in [4.69, 9.17) is 0 Å². The molecule has 2 rings (SSSR count). The van der Waals surface area contributed by atoms with Crippen molar-refractivity contribution >= 4 is 11.8 Å². The molecule has 18 heavy (non-hydrogen) atoms. The van der Waals surface area contributed by atoms with Gasteiger partial charge in [-0.3, -0.25) is 9.59 Å². The van der Waals surface area contributed by atoms with E-state index in [-0.39, 0.29) is 31.4 Å². The van der Waals surface area contributed by atoms with Crippen LogP contribution in [0, 0.1) is 0 Å². The van der Waals surface area contributed by atoms with Crippen LogP contribution in [0.3, 0.4) is 0 Å². The Bertz CT molecular complexity index is 324. The first-order valence-electron chi connectivity index (χ1n) is 6.49. The van der Waals surface area contributed by atoms with Gasteiger partial charge in [0.05, 0.1) is 18.8 Å². The molecule has 0 aliphatic carbocycles.